The average Bonchev–Trinajstić information content (AvgIpc) is 3.35. The van der Waals surface area contributed by atoms with Gasteiger partial charge in [0.15, 0.2) is 11.7 Å². The molecule has 2 heterocycles. The van der Waals surface area contributed by atoms with Gasteiger partial charge in [-0.05, 0) is 37.1 Å². The highest BCUT2D eigenvalue weighted by Crippen LogP contribution is 2.37. The molecule has 1 aliphatic carbocycles. The Labute approximate surface area is 150 Å². The van der Waals surface area contributed by atoms with Crippen LogP contribution in [-0.2, 0) is 10.0 Å². The van der Waals surface area contributed by atoms with E-state index in [4.69, 9.17) is 4.42 Å². The Morgan fingerprint density at radius 3 is 2.60 bits per heavy atom. The SMILES string of the molecule is O=S(=O)(Nc1ccccc1)c1ccc(-c2cnc(C3CCCC3)o2)s1. The first-order chi connectivity index (χ1) is 12.1. The van der Waals surface area contributed by atoms with Crippen molar-refractivity contribution in [3.05, 3.63) is 54.6 Å². The zero-order chi connectivity index (χ0) is 17.3. The number of hydrogen-bond donors (Lipinski definition) is 1. The van der Waals surface area contributed by atoms with Crippen molar-refractivity contribution in [3.63, 3.8) is 0 Å². The van der Waals surface area contributed by atoms with Crippen molar-refractivity contribution < 1.29 is 12.8 Å². The van der Waals surface area contributed by atoms with Crippen LogP contribution < -0.4 is 4.72 Å². The van der Waals surface area contributed by atoms with Crippen molar-refractivity contribution >= 4 is 27.0 Å². The molecule has 5 nitrogen and oxygen atoms in total. The molecule has 0 atom stereocenters. The van der Waals surface area contributed by atoms with Crippen molar-refractivity contribution in [2.75, 3.05) is 4.72 Å². The van der Waals surface area contributed by atoms with E-state index in [1.54, 1.807) is 42.6 Å². The van der Waals surface area contributed by atoms with E-state index in [2.05, 4.69) is 9.71 Å². The van der Waals surface area contributed by atoms with Crippen molar-refractivity contribution in [3.8, 4) is 10.6 Å². The van der Waals surface area contributed by atoms with Gasteiger partial charge in [-0.1, -0.05) is 31.0 Å². The molecule has 1 aliphatic rings. The Kier molecular flexibility index (Phi) is 4.35. The van der Waals surface area contributed by atoms with Crippen LogP contribution in [-0.4, -0.2) is 13.4 Å². The number of para-hydroxylation sites is 1. The van der Waals surface area contributed by atoms with E-state index in [-0.39, 0.29) is 4.21 Å². The van der Waals surface area contributed by atoms with E-state index in [0.717, 1.165) is 23.6 Å². The maximum Gasteiger partial charge on any atom is 0.271 e. The topological polar surface area (TPSA) is 72.2 Å². The number of hydrogen-bond acceptors (Lipinski definition) is 5. The first-order valence-electron chi connectivity index (χ1n) is 8.26. The molecule has 4 rings (SSSR count). The predicted octanol–water partition coefficient (Wildman–Crippen LogP) is 4.86. The van der Waals surface area contributed by atoms with Crippen LogP contribution in [0.1, 0.15) is 37.5 Å². The van der Waals surface area contributed by atoms with Gasteiger partial charge in [0.05, 0.1) is 11.1 Å². The third kappa shape index (κ3) is 3.48. The normalized spacial score (nSPS) is 15.5. The second-order valence-electron chi connectivity index (χ2n) is 6.13. The average molecular weight is 374 g/mol. The number of nitrogens with one attached hydrogen (secondary N) is 1. The van der Waals surface area contributed by atoms with E-state index in [1.807, 2.05) is 6.07 Å². The van der Waals surface area contributed by atoms with E-state index >= 15 is 0 Å². The standard InChI is InChI=1S/C18H18N2O3S2/c21-25(22,20-14-8-2-1-3-9-14)17-11-10-16(24-17)15-12-19-18(23-15)13-6-4-5-7-13/h1-3,8-13,20H,4-7H2. The molecule has 0 bridgehead atoms. The molecular formula is C18H18N2O3S2. The van der Waals surface area contributed by atoms with Crippen LogP contribution >= 0.6 is 11.3 Å². The van der Waals surface area contributed by atoms with Crippen molar-refractivity contribution in [1.82, 2.24) is 4.98 Å². The molecule has 1 saturated carbocycles. The van der Waals surface area contributed by atoms with Gasteiger partial charge in [-0.15, -0.1) is 11.3 Å². The molecule has 0 spiro atoms. The van der Waals surface area contributed by atoms with Gasteiger partial charge in [0, 0.05) is 11.6 Å². The Morgan fingerprint density at radius 1 is 1.08 bits per heavy atom. The minimum atomic E-state index is -3.60. The summed E-state index contributed by atoms with van der Waals surface area (Å²) in [5, 5.41) is 0. The molecule has 0 unspecified atom stereocenters. The lowest BCUT2D eigenvalue weighted by atomic mass is 10.1. The van der Waals surface area contributed by atoms with Crippen LogP contribution in [0.5, 0.6) is 0 Å². The summed E-state index contributed by atoms with van der Waals surface area (Å²) in [6.45, 7) is 0. The predicted molar refractivity (Wildman–Crippen MR) is 98.3 cm³/mol. The molecule has 1 aromatic carbocycles. The van der Waals surface area contributed by atoms with Crippen molar-refractivity contribution in [2.45, 2.75) is 35.8 Å². The Balaban J connectivity index is 1.55. The number of oxazole rings is 1. The summed E-state index contributed by atoms with van der Waals surface area (Å²) in [7, 11) is -3.60. The third-order valence-electron chi connectivity index (χ3n) is 4.34. The molecule has 0 aliphatic heterocycles. The Morgan fingerprint density at radius 2 is 1.84 bits per heavy atom. The molecule has 25 heavy (non-hydrogen) atoms. The van der Waals surface area contributed by atoms with Crippen LogP contribution in [0.2, 0.25) is 0 Å². The fourth-order valence-electron chi connectivity index (χ4n) is 3.07. The monoisotopic (exact) mass is 374 g/mol. The van der Waals surface area contributed by atoms with Gasteiger partial charge in [0.25, 0.3) is 10.0 Å². The lowest BCUT2D eigenvalue weighted by Crippen LogP contribution is -2.11. The van der Waals surface area contributed by atoms with E-state index in [9.17, 15) is 8.42 Å². The second-order valence-corrected chi connectivity index (χ2v) is 9.13. The molecule has 1 fully saturated rings. The summed E-state index contributed by atoms with van der Waals surface area (Å²) in [4.78, 5) is 5.16. The minimum absolute atomic E-state index is 0.255. The summed E-state index contributed by atoms with van der Waals surface area (Å²) >= 11 is 1.18. The molecular weight excluding hydrogens is 356 g/mol. The highest BCUT2D eigenvalue weighted by atomic mass is 32.2. The summed E-state index contributed by atoms with van der Waals surface area (Å²) in [6, 6.07) is 12.2. The van der Waals surface area contributed by atoms with Gasteiger partial charge in [0.1, 0.15) is 4.21 Å². The molecule has 7 heteroatoms. The third-order valence-corrected chi connectivity index (χ3v) is 7.32. The second kappa shape index (κ2) is 6.65. The number of rotatable bonds is 5. The maximum atomic E-state index is 12.5. The quantitative estimate of drug-likeness (QED) is 0.692. The number of aromatic nitrogens is 1. The van der Waals surface area contributed by atoms with Gasteiger partial charge in [0.2, 0.25) is 0 Å². The number of sulfonamides is 1. The van der Waals surface area contributed by atoms with E-state index in [1.165, 1.54) is 24.2 Å². The van der Waals surface area contributed by atoms with Crippen LogP contribution in [0.4, 0.5) is 5.69 Å². The first-order valence-corrected chi connectivity index (χ1v) is 10.6. The summed E-state index contributed by atoms with van der Waals surface area (Å²) < 4.78 is 33.7. The van der Waals surface area contributed by atoms with Gasteiger partial charge in [-0.3, -0.25) is 4.72 Å². The fraction of sp³-hybridized carbons (Fsp3) is 0.278. The summed E-state index contributed by atoms with van der Waals surface area (Å²) in [5.74, 6) is 1.80. The number of thiophene rings is 1. The first kappa shape index (κ1) is 16.4. The molecule has 0 radical (unpaired) electrons. The number of nitrogens with zero attached hydrogens (tertiary/aromatic N) is 1. The molecule has 130 valence electrons. The molecule has 0 amide bonds. The molecule has 0 saturated heterocycles. The summed E-state index contributed by atoms with van der Waals surface area (Å²) in [5.41, 5.74) is 0.542. The fourth-order valence-corrected chi connectivity index (χ4v) is 5.38. The van der Waals surface area contributed by atoms with Gasteiger partial charge in [-0.2, -0.15) is 0 Å². The Bertz CT molecular complexity index is 955. The highest BCUT2D eigenvalue weighted by molar-refractivity contribution is 7.94. The van der Waals surface area contributed by atoms with Crippen molar-refractivity contribution in [1.29, 1.82) is 0 Å². The van der Waals surface area contributed by atoms with Gasteiger partial charge < -0.3 is 4.42 Å². The van der Waals surface area contributed by atoms with E-state index in [0.29, 0.717) is 17.4 Å². The van der Waals surface area contributed by atoms with Crippen LogP contribution in [0.3, 0.4) is 0 Å². The highest BCUT2D eigenvalue weighted by Gasteiger charge is 2.23. The van der Waals surface area contributed by atoms with Crippen LogP contribution in [0.15, 0.2) is 57.3 Å². The van der Waals surface area contributed by atoms with Crippen LogP contribution in [0.25, 0.3) is 10.6 Å². The van der Waals surface area contributed by atoms with Gasteiger partial charge >= 0.3 is 0 Å². The minimum Gasteiger partial charge on any atom is -0.440 e. The van der Waals surface area contributed by atoms with Crippen LogP contribution in [0, 0.1) is 0 Å². The Hall–Kier alpha value is -2.12. The molecule has 3 aromatic rings. The lowest BCUT2D eigenvalue weighted by molar-refractivity contribution is 0.458. The number of anilines is 1. The van der Waals surface area contributed by atoms with E-state index < -0.39 is 10.0 Å². The maximum absolute atomic E-state index is 12.5. The van der Waals surface area contributed by atoms with Crippen molar-refractivity contribution in [2.24, 2.45) is 0 Å². The molecule has 2 aromatic heterocycles. The number of benzene rings is 1. The smallest absolute Gasteiger partial charge is 0.271 e. The zero-order valence-corrected chi connectivity index (χ0v) is 15.1. The molecule has 1 N–H and O–H groups in total. The zero-order valence-electron chi connectivity index (χ0n) is 13.5. The van der Waals surface area contributed by atoms with Gasteiger partial charge in [-0.25, -0.2) is 13.4 Å². The largest absolute Gasteiger partial charge is 0.440 e. The lowest BCUT2D eigenvalue weighted by Gasteiger charge is -2.05. The summed E-state index contributed by atoms with van der Waals surface area (Å²) in [6.07, 6.45) is 6.36.